The molecule has 106 valence electrons. The van der Waals surface area contributed by atoms with Crippen molar-refractivity contribution in [3.8, 4) is 11.8 Å². The van der Waals surface area contributed by atoms with Crippen molar-refractivity contribution in [2.24, 2.45) is 0 Å². The van der Waals surface area contributed by atoms with Gasteiger partial charge in [-0.05, 0) is 30.3 Å². The van der Waals surface area contributed by atoms with Crippen LogP contribution in [0.25, 0.3) is 0 Å². The van der Waals surface area contributed by atoms with E-state index in [4.69, 9.17) is 44.8 Å². The molecule has 0 heterocycles. The number of hydrogen-bond acceptors (Lipinski definition) is 3. The van der Waals surface area contributed by atoms with Crippen LogP contribution in [-0.2, 0) is 0 Å². The van der Waals surface area contributed by atoms with Gasteiger partial charge in [0.15, 0.2) is 12.4 Å². The summed E-state index contributed by atoms with van der Waals surface area (Å²) in [5.41, 5.74) is 0.754. The van der Waals surface area contributed by atoms with Gasteiger partial charge in [0.05, 0.1) is 20.6 Å². The Morgan fingerprint density at radius 2 is 1.81 bits per heavy atom. The van der Waals surface area contributed by atoms with E-state index in [0.29, 0.717) is 26.9 Å². The second-order valence-corrected chi connectivity index (χ2v) is 5.32. The molecule has 0 radical (unpaired) electrons. The Balaban J connectivity index is 2.05. The highest BCUT2D eigenvalue weighted by Gasteiger charge is 2.10. The first-order valence-corrected chi connectivity index (χ1v) is 6.95. The SMILES string of the molecule is N#Cc1ccc(OCC(=O)c2ccc(Cl)c(Cl)c2)cc1Cl. The molecular weight excluding hydrogens is 333 g/mol. The third-order valence-electron chi connectivity index (χ3n) is 2.67. The number of nitrogens with zero attached hydrogens (tertiary/aromatic N) is 1. The van der Waals surface area contributed by atoms with Crippen molar-refractivity contribution in [1.82, 2.24) is 0 Å². The molecular formula is C15H8Cl3NO2. The van der Waals surface area contributed by atoms with Crippen molar-refractivity contribution in [3.63, 3.8) is 0 Å². The van der Waals surface area contributed by atoms with Crippen LogP contribution in [-0.4, -0.2) is 12.4 Å². The Bertz CT molecular complexity index is 738. The Kier molecular flexibility index (Phi) is 5.08. The first-order valence-electron chi connectivity index (χ1n) is 5.82. The normalized spacial score (nSPS) is 10.0. The molecule has 0 saturated heterocycles. The van der Waals surface area contributed by atoms with Crippen LogP contribution in [0.3, 0.4) is 0 Å². The molecule has 0 aliphatic rings. The van der Waals surface area contributed by atoms with Crippen LogP contribution >= 0.6 is 34.8 Å². The molecule has 3 nitrogen and oxygen atoms in total. The first kappa shape index (κ1) is 15.7. The summed E-state index contributed by atoms with van der Waals surface area (Å²) in [6.07, 6.45) is 0. The van der Waals surface area contributed by atoms with E-state index in [1.54, 1.807) is 18.2 Å². The Labute approximate surface area is 136 Å². The summed E-state index contributed by atoms with van der Waals surface area (Å²) in [4.78, 5) is 12.0. The summed E-state index contributed by atoms with van der Waals surface area (Å²) in [6.45, 7) is -0.166. The second kappa shape index (κ2) is 6.82. The molecule has 0 saturated carbocycles. The molecule has 0 N–H and O–H groups in total. The summed E-state index contributed by atoms with van der Waals surface area (Å²) < 4.78 is 5.35. The van der Waals surface area contributed by atoms with E-state index < -0.39 is 0 Å². The van der Waals surface area contributed by atoms with Gasteiger partial charge in [-0.1, -0.05) is 34.8 Å². The van der Waals surface area contributed by atoms with Crippen LogP contribution in [0.15, 0.2) is 36.4 Å². The molecule has 0 bridgehead atoms. The minimum Gasteiger partial charge on any atom is -0.485 e. The lowest BCUT2D eigenvalue weighted by Crippen LogP contribution is -2.11. The maximum absolute atomic E-state index is 12.0. The number of halogens is 3. The second-order valence-electron chi connectivity index (χ2n) is 4.09. The molecule has 2 aromatic rings. The maximum Gasteiger partial charge on any atom is 0.200 e. The molecule has 0 amide bonds. The number of hydrogen-bond donors (Lipinski definition) is 0. The van der Waals surface area contributed by atoms with E-state index in [-0.39, 0.29) is 17.4 Å². The van der Waals surface area contributed by atoms with Gasteiger partial charge >= 0.3 is 0 Å². The summed E-state index contributed by atoms with van der Waals surface area (Å²) in [7, 11) is 0. The molecule has 2 rings (SSSR count). The zero-order valence-corrected chi connectivity index (χ0v) is 12.8. The van der Waals surface area contributed by atoms with Crippen LogP contribution in [0.4, 0.5) is 0 Å². The van der Waals surface area contributed by atoms with Crippen LogP contribution < -0.4 is 4.74 Å². The Morgan fingerprint density at radius 1 is 1.05 bits per heavy atom. The molecule has 0 aromatic heterocycles. The van der Waals surface area contributed by atoms with Gasteiger partial charge in [0, 0.05) is 11.6 Å². The lowest BCUT2D eigenvalue weighted by molar-refractivity contribution is 0.0921. The van der Waals surface area contributed by atoms with E-state index in [0.717, 1.165) is 0 Å². The Hall–Kier alpha value is -1.73. The predicted molar refractivity (Wildman–Crippen MR) is 82.5 cm³/mol. The smallest absolute Gasteiger partial charge is 0.200 e. The molecule has 0 aliphatic heterocycles. The van der Waals surface area contributed by atoms with E-state index >= 15 is 0 Å². The van der Waals surface area contributed by atoms with Gasteiger partial charge in [-0.15, -0.1) is 0 Å². The van der Waals surface area contributed by atoms with E-state index in [9.17, 15) is 4.79 Å². The van der Waals surface area contributed by atoms with Gasteiger partial charge in [-0.25, -0.2) is 0 Å². The lowest BCUT2D eigenvalue weighted by atomic mass is 10.1. The van der Waals surface area contributed by atoms with Crippen LogP contribution in [0.1, 0.15) is 15.9 Å². The molecule has 21 heavy (non-hydrogen) atoms. The zero-order chi connectivity index (χ0) is 15.4. The first-order chi connectivity index (χ1) is 10.0. The van der Waals surface area contributed by atoms with Gasteiger partial charge in [0.2, 0.25) is 0 Å². The molecule has 0 fully saturated rings. The van der Waals surface area contributed by atoms with E-state index in [2.05, 4.69) is 0 Å². The van der Waals surface area contributed by atoms with Crippen molar-refractivity contribution in [2.75, 3.05) is 6.61 Å². The van der Waals surface area contributed by atoms with Crippen LogP contribution in [0, 0.1) is 11.3 Å². The number of ketones is 1. The van der Waals surface area contributed by atoms with Crippen LogP contribution in [0.2, 0.25) is 15.1 Å². The predicted octanol–water partition coefficient (Wildman–Crippen LogP) is 4.78. The zero-order valence-electron chi connectivity index (χ0n) is 10.6. The summed E-state index contributed by atoms with van der Waals surface area (Å²) in [6, 6.07) is 11.2. The lowest BCUT2D eigenvalue weighted by Gasteiger charge is -2.07. The molecule has 6 heteroatoms. The fraction of sp³-hybridized carbons (Fsp3) is 0.0667. The fourth-order valence-corrected chi connectivity index (χ4v) is 2.09. The van der Waals surface area contributed by atoms with Crippen molar-refractivity contribution < 1.29 is 9.53 Å². The summed E-state index contributed by atoms with van der Waals surface area (Å²) >= 11 is 17.5. The molecule has 0 spiro atoms. The van der Waals surface area contributed by atoms with E-state index in [1.807, 2.05) is 6.07 Å². The van der Waals surface area contributed by atoms with Gasteiger partial charge in [0.25, 0.3) is 0 Å². The number of nitriles is 1. The Morgan fingerprint density at radius 3 is 2.43 bits per heavy atom. The monoisotopic (exact) mass is 339 g/mol. The van der Waals surface area contributed by atoms with Gasteiger partial charge < -0.3 is 4.74 Å². The summed E-state index contributed by atoms with van der Waals surface area (Å²) in [5, 5.41) is 9.74. The average molecular weight is 341 g/mol. The van der Waals surface area contributed by atoms with Crippen molar-refractivity contribution in [2.45, 2.75) is 0 Å². The van der Waals surface area contributed by atoms with Crippen molar-refractivity contribution >= 4 is 40.6 Å². The van der Waals surface area contributed by atoms with E-state index in [1.165, 1.54) is 18.2 Å². The largest absolute Gasteiger partial charge is 0.485 e. The number of carbonyl (C=O) groups is 1. The quantitative estimate of drug-likeness (QED) is 0.753. The van der Waals surface area contributed by atoms with Gasteiger partial charge in [-0.2, -0.15) is 5.26 Å². The number of Topliss-reactive ketones (excluding diaryl/α,β-unsaturated/α-hetero) is 1. The molecule has 0 atom stereocenters. The topological polar surface area (TPSA) is 50.1 Å². The van der Waals surface area contributed by atoms with Gasteiger partial charge in [-0.3, -0.25) is 4.79 Å². The minimum atomic E-state index is -0.242. The van der Waals surface area contributed by atoms with Crippen molar-refractivity contribution in [3.05, 3.63) is 62.6 Å². The fourth-order valence-electron chi connectivity index (χ4n) is 1.58. The third kappa shape index (κ3) is 3.89. The van der Waals surface area contributed by atoms with Gasteiger partial charge in [0.1, 0.15) is 11.8 Å². The highest BCUT2D eigenvalue weighted by Crippen LogP contribution is 2.24. The van der Waals surface area contributed by atoms with Crippen LogP contribution in [0.5, 0.6) is 5.75 Å². The third-order valence-corrected chi connectivity index (χ3v) is 3.72. The maximum atomic E-state index is 12.0. The minimum absolute atomic E-state index is 0.166. The molecule has 2 aromatic carbocycles. The number of benzene rings is 2. The number of ether oxygens (including phenoxy) is 1. The standard InChI is InChI=1S/C15H8Cl3NO2/c16-12-4-2-9(5-14(12)18)15(20)8-21-11-3-1-10(7-19)13(17)6-11/h1-6H,8H2. The molecule has 0 aliphatic carbocycles. The average Bonchev–Trinajstić information content (AvgIpc) is 2.47. The number of rotatable bonds is 4. The highest BCUT2D eigenvalue weighted by atomic mass is 35.5. The highest BCUT2D eigenvalue weighted by molar-refractivity contribution is 6.42. The summed E-state index contributed by atoms with van der Waals surface area (Å²) in [5.74, 6) is 0.168. The number of carbonyl (C=O) groups excluding carboxylic acids is 1. The van der Waals surface area contributed by atoms with Crippen molar-refractivity contribution in [1.29, 1.82) is 5.26 Å². The molecule has 0 unspecified atom stereocenters.